The number of hydrogen-bond acceptors (Lipinski definition) is 2. The van der Waals surface area contributed by atoms with Crippen molar-refractivity contribution in [2.75, 3.05) is 19.7 Å². The molecule has 2 rings (SSSR count). The molecule has 0 aromatic heterocycles. The SMILES string of the molecule is O=C(NCc1ccc(C(F)F)cc1)N1CC(CO)C1. The van der Waals surface area contributed by atoms with E-state index in [1.807, 2.05) is 0 Å². The summed E-state index contributed by atoms with van der Waals surface area (Å²) in [6.07, 6.45) is -2.47. The average molecular weight is 270 g/mol. The fourth-order valence-electron chi connectivity index (χ4n) is 1.92. The summed E-state index contributed by atoms with van der Waals surface area (Å²) in [6, 6.07) is 5.68. The summed E-state index contributed by atoms with van der Waals surface area (Å²) in [6.45, 7) is 1.53. The number of aliphatic hydroxyl groups excluding tert-OH is 1. The van der Waals surface area contributed by atoms with Crippen LogP contribution in [0.4, 0.5) is 13.6 Å². The summed E-state index contributed by atoms with van der Waals surface area (Å²) >= 11 is 0. The van der Waals surface area contributed by atoms with E-state index in [0.717, 1.165) is 5.56 Å². The van der Waals surface area contributed by atoms with E-state index in [0.29, 0.717) is 19.6 Å². The number of alkyl halides is 2. The third-order valence-corrected chi connectivity index (χ3v) is 3.18. The minimum atomic E-state index is -2.47. The first-order valence-electron chi connectivity index (χ1n) is 6.10. The second kappa shape index (κ2) is 5.97. The number of hydrogen-bond donors (Lipinski definition) is 2. The number of nitrogens with zero attached hydrogens (tertiary/aromatic N) is 1. The van der Waals surface area contributed by atoms with Crippen molar-refractivity contribution in [2.45, 2.75) is 13.0 Å². The number of likely N-dealkylation sites (tertiary alicyclic amines) is 1. The van der Waals surface area contributed by atoms with Crippen LogP contribution in [0.15, 0.2) is 24.3 Å². The molecule has 0 unspecified atom stereocenters. The molecule has 19 heavy (non-hydrogen) atoms. The predicted octanol–water partition coefficient (Wildman–Crippen LogP) is 1.76. The van der Waals surface area contributed by atoms with Crippen LogP contribution < -0.4 is 5.32 Å². The van der Waals surface area contributed by atoms with Crippen molar-refractivity contribution in [2.24, 2.45) is 5.92 Å². The Morgan fingerprint density at radius 1 is 1.37 bits per heavy atom. The Bertz CT molecular complexity index is 431. The first-order chi connectivity index (χ1) is 9.10. The molecule has 0 bridgehead atoms. The molecule has 1 aliphatic rings. The van der Waals surface area contributed by atoms with Gasteiger partial charge in [0.1, 0.15) is 0 Å². The van der Waals surface area contributed by atoms with Gasteiger partial charge in [-0.15, -0.1) is 0 Å². The van der Waals surface area contributed by atoms with E-state index in [1.165, 1.54) is 12.1 Å². The molecule has 1 aliphatic heterocycles. The zero-order valence-electron chi connectivity index (χ0n) is 10.4. The van der Waals surface area contributed by atoms with E-state index in [1.54, 1.807) is 17.0 Å². The maximum absolute atomic E-state index is 12.3. The topological polar surface area (TPSA) is 52.6 Å². The Balaban J connectivity index is 1.77. The van der Waals surface area contributed by atoms with E-state index in [9.17, 15) is 13.6 Å². The number of aliphatic hydroxyl groups is 1. The maximum atomic E-state index is 12.3. The van der Waals surface area contributed by atoms with E-state index in [4.69, 9.17) is 5.11 Å². The normalized spacial score (nSPS) is 15.5. The van der Waals surface area contributed by atoms with Gasteiger partial charge < -0.3 is 15.3 Å². The van der Waals surface area contributed by atoms with Crippen LogP contribution >= 0.6 is 0 Å². The number of amides is 2. The van der Waals surface area contributed by atoms with Crippen molar-refractivity contribution in [1.29, 1.82) is 0 Å². The van der Waals surface area contributed by atoms with Crippen LogP contribution in [0.5, 0.6) is 0 Å². The largest absolute Gasteiger partial charge is 0.396 e. The van der Waals surface area contributed by atoms with Crippen LogP contribution in [0.25, 0.3) is 0 Å². The Morgan fingerprint density at radius 3 is 2.53 bits per heavy atom. The Kier molecular flexibility index (Phi) is 4.31. The standard InChI is InChI=1S/C13H16F2N2O2/c14-12(15)11-3-1-9(2-4-11)5-16-13(19)17-6-10(7-17)8-18/h1-4,10,12,18H,5-8H2,(H,16,19). The molecular weight excluding hydrogens is 254 g/mol. The molecule has 0 atom stereocenters. The molecule has 1 aromatic rings. The molecule has 2 N–H and O–H groups in total. The fourth-order valence-corrected chi connectivity index (χ4v) is 1.92. The van der Waals surface area contributed by atoms with Gasteiger partial charge in [-0.05, 0) is 5.56 Å². The average Bonchev–Trinajstić information content (AvgIpc) is 2.35. The highest BCUT2D eigenvalue weighted by molar-refractivity contribution is 5.75. The van der Waals surface area contributed by atoms with Gasteiger partial charge in [0.05, 0.1) is 0 Å². The Morgan fingerprint density at radius 2 is 2.00 bits per heavy atom. The van der Waals surface area contributed by atoms with Gasteiger partial charge in [-0.2, -0.15) is 0 Å². The van der Waals surface area contributed by atoms with Gasteiger partial charge >= 0.3 is 6.03 Å². The summed E-state index contributed by atoms with van der Waals surface area (Å²) in [7, 11) is 0. The van der Waals surface area contributed by atoms with Crippen molar-refractivity contribution in [1.82, 2.24) is 10.2 Å². The number of benzene rings is 1. The van der Waals surface area contributed by atoms with E-state index in [-0.39, 0.29) is 24.1 Å². The molecule has 6 heteroatoms. The predicted molar refractivity (Wildman–Crippen MR) is 65.8 cm³/mol. The summed E-state index contributed by atoms with van der Waals surface area (Å²) in [5, 5.41) is 11.6. The third kappa shape index (κ3) is 3.41. The van der Waals surface area contributed by atoms with Gasteiger partial charge in [-0.25, -0.2) is 13.6 Å². The smallest absolute Gasteiger partial charge is 0.317 e. The van der Waals surface area contributed by atoms with Crippen molar-refractivity contribution < 1.29 is 18.7 Å². The highest BCUT2D eigenvalue weighted by atomic mass is 19.3. The minimum absolute atomic E-state index is 0.0244. The van der Waals surface area contributed by atoms with Crippen LogP contribution in [-0.2, 0) is 6.54 Å². The molecule has 1 heterocycles. The maximum Gasteiger partial charge on any atom is 0.317 e. The van der Waals surface area contributed by atoms with Gasteiger partial charge in [-0.1, -0.05) is 24.3 Å². The summed E-state index contributed by atoms with van der Waals surface area (Å²) < 4.78 is 24.7. The lowest BCUT2D eigenvalue weighted by Gasteiger charge is -2.38. The zero-order valence-corrected chi connectivity index (χ0v) is 10.4. The monoisotopic (exact) mass is 270 g/mol. The van der Waals surface area contributed by atoms with Gasteiger partial charge in [0.2, 0.25) is 0 Å². The second-order valence-corrected chi connectivity index (χ2v) is 4.65. The fraction of sp³-hybridized carbons (Fsp3) is 0.462. The number of nitrogens with one attached hydrogen (secondary N) is 1. The van der Waals surface area contributed by atoms with Gasteiger partial charge in [0, 0.05) is 37.7 Å². The van der Waals surface area contributed by atoms with Crippen LogP contribution in [0, 0.1) is 5.92 Å². The third-order valence-electron chi connectivity index (χ3n) is 3.18. The molecule has 2 amide bonds. The minimum Gasteiger partial charge on any atom is -0.396 e. The van der Waals surface area contributed by atoms with Gasteiger partial charge in [0.25, 0.3) is 6.43 Å². The number of rotatable bonds is 4. The lowest BCUT2D eigenvalue weighted by Crippen LogP contribution is -2.54. The van der Waals surface area contributed by atoms with Crippen molar-refractivity contribution >= 4 is 6.03 Å². The molecule has 1 aromatic carbocycles. The van der Waals surface area contributed by atoms with Crippen molar-refractivity contribution in [3.8, 4) is 0 Å². The molecule has 0 aliphatic carbocycles. The summed E-state index contributed by atoms with van der Waals surface area (Å²) in [5.41, 5.74) is 0.751. The summed E-state index contributed by atoms with van der Waals surface area (Å²) in [5.74, 6) is 0.177. The number of carbonyl (C=O) groups is 1. The molecule has 1 fully saturated rings. The molecular formula is C13H16F2N2O2. The number of carbonyl (C=O) groups excluding carboxylic acids is 1. The van der Waals surface area contributed by atoms with Gasteiger partial charge in [-0.3, -0.25) is 0 Å². The first-order valence-corrected chi connectivity index (χ1v) is 6.10. The first kappa shape index (κ1) is 13.7. The highest BCUT2D eigenvalue weighted by Gasteiger charge is 2.29. The van der Waals surface area contributed by atoms with Crippen LogP contribution in [0.1, 0.15) is 17.6 Å². The Labute approximate surface area is 110 Å². The number of urea groups is 1. The van der Waals surface area contributed by atoms with Crippen molar-refractivity contribution in [3.05, 3.63) is 35.4 Å². The van der Waals surface area contributed by atoms with E-state index in [2.05, 4.69) is 5.32 Å². The number of halogens is 2. The Hall–Kier alpha value is -1.69. The molecule has 1 saturated heterocycles. The van der Waals surface area contributed by atoms with E-state index < -0.39 is 6.43 Å². The van der Waals surface area contributed by atoms with E-state index >= 15 is 0 Å². The van der Waals surface area contributed by atoms with Gasteiger partial charge in [0.15, 0.2) is 0 Å². The lowest BCUT2D eigenvalue weighted by atomic mass is 10.0. The van der Waals surface area contributed by atoms with Crippen LogP contribution in [0.2, 0.25) is 0 Å². The van der Waals surface area contributed by atoms with Crippen LogP contribution in [0.3, 0.4) is 0 Å². The van der Waals surface area contributed by atoms with Crippen molar-refractivity contribution in [3.63, 3.8) is 0 Å². The molecule has 0 radical (unpaired) electrons. The van der Waals surface area contributed by atoms with Crippen LogP contribution in [-0.4, -0.2) is 35.7 Å². The molecule has 0 saturated carbocycles. The second-order valence-electron chi connectivity index (χ2n) is 4.65. The summed E-state index contributed by atoms with van der Waals surface area (Å²) in [4.78, 5) is 13.3. The zero-order chi connectivity index (χ0) is 13.8. The molecule has 4 nitrogen and oxygen atoms in total. The molecule has 0 spiro atoms. The molecule has 104 valence electrons. The lowest BCUT2D eigenvalue weighted by molar-refractivity contribution is 0.0775. The highest BCUT2D eigenvalue weighted by Crippen LogP contribution is 2.19. The quantitative estimate of drug-likeness (QED) is 0.876.